The zero-order valence-corrected chi connectivity index (χ0v) is 20.3. The lowest BCUT2D eigenvalue weighted by Crippen LogP contribution is -2.38. The number of alkyl halides is 3. The van der Waals surface area contributed by atoms with Gasteiger partial charge in [0.05, 0.1) is 11.2 Å². The molecule has 0 radical (unpaired) electrons. The van der Waals surface area contributed by atoms with E-state index in [1.165, 1.54) is 18.2 Å². The summed E-state index contributed by atoms with van der Waals surface area (Å²) in [5.74, 6) is 0.558. The van der Waals surface area contributed by atoms with Gasteiger partial charge in [-0.2, -0.15) is 0 Å². The number of amides is 1. The predicted molar refractivity (Wildman–Crippen MR) is 137 cm³/mol. The Bertz CT molecular complexity index is 1420. The number of hydrogen-bond acceptors (Lipinski definition) is 6. The Morgan fingerprint density at radius 1 is 0.921 bits per heavy atom. The number of para-hydroxylation sites is 4. The van der Waals surface area contributed by atoms with E-state index in [0.717, 1.165) is 16.7 Å². The van der Waals surface area contributed by atoms with E-state index in [-0.39, 0.29) is 29.7 Å². The van der Waals surface area contributed by atoms with Crippen molar-refractivity contribution in [2.45, 2.75) is 25.8 Å². The summed E-state index contributed by atoms with van der Waals surface area (Å²) in [6.07, 6.45) is -1.95. The molecule has 1 aliphatic heterocycles. The van der Waals surface area contributed by atoms with Crippen LogP contribution in [0.15, 0.2) is 79.1 Å². The first-order chi connectivity index (χ1) is 18.4. The van der Waals surface area contributed by atoms with Crippen LogP contribution in [0.3, 0.4) is 0 Å². The molecule has 38 heavy (non-hydrogen) atoms. The lowest BCUT2D eigenvalue weighted by molar-refractivity contribution is -0.275. The van der Waals surface area contributed by atoms with Crippen LogP contribution in [-0.4, -0.2) is 35.3 Å². The van der Waals surface area contributed by atoms with Crippen molar-refractivity contribution in [3.63, 3.8) is 0 Å². The van der Waals surface area contributed by atoms with Crippen LogP contribution in [0.4, 0.5) is 24.7 Å². The molecule has 3 aromatic carbocycles. The number of hydrogen-bond donors (Lipinski definition) is 1. The minimum atomic E-state index is -4.81. The number of benzene rings is 3. The third kappa shape index (κ3) is 5.96. The monoisotopic (exact) mass is 522 g/mol. The molecule has 7 nitrogen and oxygen atoms in total. The molecule has 0 spiro atoms. The molecule has 1 N–H and O–H groups in total. The van der Waals surface area contributed by atoms with Gasteiger partial charge in [-0.05, 0) is 43.2 Å². The number of anilines is 2. The lowest BCUT2D eigenvalue weighted by atomic mass is 9.95. The number of carbonyl (C=O) groups is 1. The van der Waals surface area contributed by atoms with E-state index in [4.69, 9.17) is 4.74 Å². The summed E-state index contributed by atoms with van der Waals surface area (Å²) >= 11 is 0. The Balaban J connectivity index is 1.21. The van der Waals surface area contributed by atoms with Crippen molar-refractivity contribution in [3.05, 3.63) is 84.7 Å². The zero-order valence-electron chi connectivity index (χ0n) is 20.3. The van der Waals surface area contributed by atoms with Crippen molar-refractivity contribution in [3.8, 4) is 11.5 Å². The van der Waals surface area contributed by atoms with Crippen LogP contribution in [0.2, 0.25) is 0 Å². The Morgan fingerprint density at radius 3 is 2.39 bits per heavy atom. The minimum absolute atomic E-state index is 0.131. The Hall–Kier alpha value is -4.34. The molecule has 1 aliphatic rings. The highest BCUT2D eigenvalue weighted by Gasteiger charge is 2.32. The average Bonchev–Trinajstić information content (AvgIpc) is 2.92. The fraction of sp³-hybridized carbons (Fsp3) is 0.250. The van der Waals surface area contributed by atoms with E-state index in [9.17, 15) is 18.0 Å². The second-order valence-electron chi connectivity index (χ2n) is 8.91. The molecule has 2 heterocycles. The Morgan fingerprint density at radius 2 is 1.61 bits per heavy atom. The highest BCUT2D eigenvalue weighted by Crippen LogP contribution is 2.31. The first-order valence-corrected chi connectivity index (χ1v) is 12.2. The maximum absolute atomic E-state index is 13.1. The fourth-order valence-corrected chi connectivity index (χ4v) is 4.53. The molecule has 0 bridgehead atoms. The number of rotatable bonds is 7. The largest absolute Gasteiger partial charge is 0.573 e. The van der Waals surface area contributed by atoms with Crippen LogP contribution in [0.25, 0.3) is 10.9 Å². The molecule has 0 atom stereocenters. The van der Waals surface area contributed by atoms with Gasteiger partial charge in [-0.3, -0.25) is 4.79 Å². The van der Waals surface area contributed by atoms with Crippen molar-refractivity contribution in [1.29, 1.82) is 0 Å². The number of nitrogens with one attached hydrogen (secondary N) is 1. The van der Waals surface area contributed by atoms with E-state index < -0.39 is 6.36 Å². The predicted octanol–water partition coefficient (Wildman–Crippen LogP) is 5.96. The number of ether oxygens (including phenoxy) is 2. The Kier molecular flexibility index (Phi) is 7.30. The number of nitrogens with zero attached hydrogens (tertiary/aromatic N) is 3. The average molecular weight is 523 g/mol. The molecule has 4 aromatic rings. The maximum Gasteiger partial charge on any atom is 0.573 e. The summed E-state index contributed by atoms with van der Waals surface area (Å²) < 4.78 is 48.1. The van der Waals surface area contributed by atoms with E-state index in [1.54, 1.807) is 36.7 Å². The van der Waals surface area contributed by atoms with Crippen molar-refractivity contribution < 1.29 is 27.4 Å². The van der Waals surface area contributed by atoms with Crippen molar-refractivity contribution in [2.75, 3.05) is 23.3 Å². The quantitative estimate of drug-likeness (QED) is 0.323. The van der Waals surface area contributed by atoms with Gasteiger partial charge in [-0.1, -0.05) is 42.5 Å². The van der Waals surface area contributed by atoms with Gasteiger partial charge in [0.1, 0.15) is 30.3 Å². The molecule has 0 unspecified atom stereocenters. The first-order valence-electron chi connectivity index (χ1n) is 12.2. The first kappa shape index (κ1) is 25.3. The molecule has 1 aromatic heterocycles. The van der Waals surface area contributed by atoms with E-state index in [0.29, 0.717) is 37.4 Å². The van der Waals surface area contributed by atoms with E-state index in [1.807, 2.05) is 24.3 Å². The van der Waals surface area contributed by atoms with Gasteiger partial charge >= 0.3 is 6.36 Å². The molecule has 1 amide bonds. The zero-order chi connectivity index (χ0) is 26.5. The SMILES string of the molecule is O=C(Nc1ccccc1OCc1ccccc1OC(F)(F)F)C1CCN(c2ncnc3ccccc23)CC1. The van der Waals surface area contributed by atoms with Crippen LogP contribution in [0.5, 0.6) is 11.5 Å². The smallest absolute Gasteiger partial charge is 0.487 e. The molecule has 0 saturated carbocycles. The summed E-state index contributed by atoms with van der Waals surface area (Å²) in [5.41, 5.74) is 1.56. The van der Waals surface area contributed by atoms with Crippen molar-refractivity contribution >= 4 is 28.3 Å². The van der Waals surface area contributed by atoms with Crippen LogP contribution < -0.4 is 19.7 Å². The number of fused-ring (bicyclic) bond motifs is 1. The normalized spacial score (nSPS) is 14.3. The molecule has 10 heteroatoms. The molecule has 1 fully saturated rings. The lowest BCUT2D eigenvalue weighted by Gasteiger charge is -2.32. The molecule has 5 rings (SSSR count). The number of halogens is 3. The summed E-state index contributed by atoms with van der Waals surface area (Å²) in [7, 11) is 0. The summed E-state index contributed by atoms with van der Waals surface area (Å²) in [6, 6.07) is 20.5. The van der Waals surface area contributed by atoms with E-state index in [2.05, 4.69) is 24.9 Å². The van der Waals surface area contributed by atoms with Gasteiger partial charge in [0.2, 0.25) is 5.91 Å². The molecule has 1 saturated heterocycles. The van der Waals surface area contributed by atoms with Gasteiger partial charge in [-0.15, -0.1) is 13.2 Å². The Labute approximate surface area is 217 Å². The number of carbonyl (C=O) groups excluding carboxylic acids is 1. The standard InChI is InChI=1S/C28H25F3N4O3/c29-28(30,31)38-24-11-5-1-7-20(24)17-37-25-12-6-4-10-23(25)34-27(36)19-13-15-35(16-14-19)26-21-8-2-3-9-22(21)32-18-33-26/h1-12,18-19H,13-17H2,(H,34,36). The number of aromatic nitrogens is 2. The second kappa shape index (κ2) is 11.0. The minimum Gasteiger partial charge on any atom is -0.487 e. The summed E-state index contributed by atoms with van der Waals surface area (Å²) in [6.45, 7) is 1.19. The van der Waals surface area contributed by atoms with Gasteiger partial charge in [0, 0.05) is 30.0 Å². The van der Waals surface area contributed by atoms with Gasteiger partial charge in [0.15, 0.2) is 0 Å². The second-order valence-corrected chi connectivity index (χ2v) is 8.91. The van der Waals surface area contributed by atoms with Crippen LogP contribution in [0, 0.1) is 5.92 Å². The molecule has 0 aliphatic carbocycles. The maximum atomic E-state index is 13.1. The van der Waals surface area contributed by atoms with Crippen LogP contribution in [-0.2, 0) is 11.4 Å². The highest BCUT2D eigenvalue weighted by molar-refractivity contribution is 5.94. The van der Waals surface area contributed by atoms with Gasteiger partial charge in [0.25, 0.3) is 0 Å². The van der Waals surface area contributed by atoms with E-state index >= 15 is 0 Å². The van der Waals surface area contributed by atoms with Gasteiger partial charge in [-0.25, -0.2) is 9.97 Å². The van der Waals surface area contributed by atoms with Crippen LogP contribution in [0.1, 0.15) is 18.4 Å². The molecular formula is C28H25F3N4O3. The number of piperidine rings is 1. The molecule has 196 valence electrons. The van der Waals surface area contributed by atoms with Gasteiger partial charge < -0.3 is 19.7 Å². The van der Waals surface area contributed by atoms with Crippen LogP contribution >= 0.6 is 0 Å². The summed E-state index contributed by atoms with van der Waals surface area (Å²) in [4.78, 5) is 24.1. The third-order valence-corrected chi connectivity index (χ3v) is 6.41. The fourth-order valence-electron chi connectivity index (χ4n) is 4.53. The molecular weight excluding hydrogens is 497 g/mol. The van der Waals surface area contributed by atoms with Crippen molar-refractivity contribution in [2.24, 2.45) is 5.92 Å². The van der Waals surface area contributed by atoms with Crippen molar-refractivity contribution in [1.82, 2.24) is 9.97 Å². The third-order valence-electron chi connectivity index (χ3n) is 6.41. The highest BCUT2D eigenvalue weighted by atomic mass is 19.4. The topological polar surface area (TPSA) is 76.6 Å². The summed E-state index contributed by atoms with van der Waals surface area (Å²) in [5, 5.41) is 3.91.